The van der Waals surface area contributed by atoms with E-state index < -0.39 is 17.7 Å². The van der Waals surface area contributed by atoms with E-state index >= 15 is 0 Å². The molecule has 5 rings (SSSR count). The van der Waals surface area contributed by atoms with Crippen molar-refractivity contribution in [2.45, 2.75) is 46.6 Å². The number of ketones is 1. The van der Waals surface area contributed by atoms with Gasteiger partial charge in [-0.15, -0.1) is 0 Å². The predicted octanol–water partition coefficient (Wildman–Crippen LogP) is 5.84. The first-order valence-corrected chi connectivity index (χ1v) is 12.1. The number of furan rings is 1. The lowest BCUT2D eigenvalue weighted by atomic mass is 9.92. The number of H-pyrrole nitrogens is 1. The highest BCUT2D eigenvalue weighted by Gasteiger charge is 2.49. The molecular formula is C29H29N3O5. The van der Waals surface area contributed by atoms with Crippen LogP contribution in [0.3, 0.4) is 0 Å². The molecule has 37 heavy (non-hydrogen) atoms. The summed E-state index contributed by atoms with van der Waals surface area (Å²) >= 11 is 0. The molecule has 1 unspecified atom stereocenters. The number of aryl methyl sites for hydroxylation is 3. The van der Waals surface area contributed by atoms with Gasteiger partial charge in [-0.25, -0.2) is 4.98 Å². The van der Waals surface area contributed by atoms with E-state index in [1.807, 2.05) is 58.9 Å². The summed E-state index contributed by atoms with van der Waals surface area (Å²) < 4.78 is 11.2. The molecule has 4 aromatic rings. The molecule has 8 heteroatoms. The van der Waals surface area contributed by atoms with Gasteiger partial charge in [0.15, 0.2) is 0 Å². The minimum atomic E-state index is -0.998. The van der Waals surface area contributed by atoms with Gasteiger partial charge < -0.3 is 19.2 Å². The molecule has 1 saturated heterocycles. The van der Waals surface area contributed by atoms with Crippen LogP contribution >= 0.6 is 0 Å². The van der Waals surface area contributed by atoms with Gasteiger partial charge in [-0.3, -0.25) is 14.5 Å². The third-order valence-corrected chi connectivity index (χ3v) is 7.02. The Labute approximate surface area is 214 Å². The molecule has 0 spiro atoms. The molecule has 1 aliphatic rings. The molecule has 0 radical (unpaired) electrons. The Morgan fingerprint density at radius 2 is 1.84 bits per heavy atom. The molecule has 2 N–H and O–H groups in total. The monoisotopic (exact) mass is 499 g/mol. The van der Waals surface area contributed by atoms with Crippen LogP contribution in [0.25, 0.3) is 16.8 Å². The number of Topliss-reactive ketones (excluding diaryl/α,β-unsaturated/α-hetero) is 1. The number of carbonyl (C=O) groups is 2. The van der Waals surface area contributed by atoms with Gasteiger partial charge in [0.2, 0.25) is 5.95 Å². The summed E-state index contributed by atoms with van der Waals surface area (Å²) in [6, 6.07) is 9.87. The van der Waals surface area contributed by atoms with E-state index in [0.717, 1.165) is 22.2 Å². The van der Waals surface area contributed by atoms with Gasteiger partial charge in [-0.1, -0.05) is 13.8 Å². The van der Waals surface area contributed by atoms with Crippen molar-refractivity contribution in [2.24, 2.45) is 0 Å². The number of aromatic nitrogens is 2. The summed E-state index contributed by atoms with van der Waals surface area (Å²) in [6.07, 6.45) is 1.47. The molecule has 3 heterocycles. The molecular weight excluding hydrogens is 470 g/mol. The Bertz CT molecular complexity index is 1540. The van der Waals surface area contributed by atoms with Crippen molar-refractivity contribution in [3.8, 4) is 5.75 Å². The zero-order valence-electron chi connectivity index (χ0n) is 21.7. The maximum atomic E-state index is 13.5. The van der Waals surface area contributed by atoms with Crippen LogP contribution < -0.4 is 9.64 Å². The van der Waals surface area contributed by atoms with Crippen LogP contribution in [0.5, 0.6) is 5.75 Å². The summed E-state index contributed by atoms with van der Waals surface area (Å²) in [7, 11) is 1.60. The number of amides is 1. The summed E-state index contributed by atoms with van der Waals surface area (Å²) in [6.45, 7) is 9.84. The highest BCUT2D eigenvalue weighted by atomic mass is 16.5. The lowest BCUT2D eigenvalue weighted by molar-refractivity contribution is -0.132. The maximum absolute atomic E-state index is 13.5. The number of benzene rings is 2. The summed E-state index contributed by atoms with van der Waals surface area (Å²) in [4.78, 5) is 36.0. The van der Waals surface area contributed by atoms with Gasteiger partial charge in [-0.2, -0.15) is 0 Å². The van der Waals surface area contributed by atoms with Gasteiger partial charge in [0, 0.05) is 5.56 Å². The van der Waals surface area contributed by atoms with Crippen LogP contribution in [0.1, 0.15) is 59.4 Å². The number of aromatic amines is 1. The molecule has 1 amide bonds. The fourth-order valence-corrected chi connectivity index (χ4v) is 4.86. The van der Waals surface area contributed by atoms with Gasteiger partial charge in [0.1, 0.15) is 23.3 Å². The molecule has 1 atom stereocenters. The van der Waals surface area contributed by atoms with E-state index in [9.17, 15) is 14.7 Å². The molecule has 0 bridgehead atoms. The smallest absolute Gasteiger partial charge is 0.302 e. The first kappa shape index (κ1) is 24.4. The fraction of sp³-hybridized carbons (Fsp3) is 0.276. The van der Waals surface area contributed by atoms with Crippen molar-refractivity contribution in [1.82, 2.24) is 9.97 Å². The number of nitrogens with zero attached hydrogens (tertiary/aromatic N) is 2. The first-order chi connectivity index (χ1) is 17.6. The molecule has 2 aromatic carbocycles. The lowest BCUT2D eigenvalue weighted by Gasteiger charge is -2.21. The number of anilines is 1. The van der Waals surface area contributed by atoms with Crippen LogP contribution in [0.4, 0.5) is 5.95 Å². The minimum absolute atomic E-state index is 0.0595. The number of hydrogen-bond donors (Lipinski definition) is 2. The second kappa shape index (κ2) is 8.96. The topological polar surface area (TPSA) is 109 Å². The number of carbonyl (C=O) groups excluding carboxylic acids is 2. The molecule has 0 saturated carbocycles. The Morgan fingerprint density at radius 3 is 2.49 bits per heavy atom. The van der Waals surface area contributed by atoms with Crippen LogP contribution in [-0.4, -0.2) is 33.9 Å². The van der Waals surface area contributed by atoms with Crippen molar-refractivity contribution < 1.29 is 23.8 Å². The number of fused-ring (bicyclic) bond motifs is 1. The van der Waals surface area contributed by atoms with E-state index in [-0.39, 0.29) is 23.2 Å². The van der Waals surface area contributed by atoms with E-state index in [1.54, 1.807) is 19.2 Å². The third-order valence-electron chi connectivity index (χ3n) is 7.02. The Hall–Kier alpha value is -4.33. The van der Waals surface area contributed by atoms with E-state index in [2.05, 4.69) is 9.97 Å². The number of nitrogens with one attached hydrogen (secondary N) is 1. The Balaban J connectivity index is 1.73. The Morgan fingerprint density at radius 1 is 1.11 bits per heavy atom. The quantitative estimate of drug-likeness (QED) is 0.203. The summed E-state index contributed by atoms with van der Waals surface area (Å²) in [5.41, 5.74) is 5.52. The number of ether oxygens (including phenoxy) is 1. The summed E-state index contributed by atoms with van der Waals surface area (Å²) in [5, 5.41) is 11.6. The van der Waals surface area contributed by atoms with Crippen molar-refractivity contribution in [3.05, 3.63) is 81.8 Å². The fourth-order valence-electron chi connectivity index (χ4n) is 4.86. The Kier molecular flexibility index (Phi) is 5.90. The van der Waals surface area contributed by atoms with Crippen LogP contribution in [0.2, 0.25) is 0 Å². The molecule has 1 aliphatic heterocycles. The van der Waals surface area contributed by atoms with E-state index in [4.69, 9.17) is 9.15 Å². The number of imidazole rings is 1. The average Bonchev–Trinajstić information content (AvgIpc) is 3.57. The number of rotatable bonds is 5. The second-order valence-corrected chi connectivity index (χ2v) is 9.76. The first-order valence-electron chi connectivity index (χ1n) is 12.1. The number of aliphatic hydroxyl groups excluding tert-OH is 1. The van der Waals surface area contributed by atoms with Crippen molar-refractivity contribution >= 4 is 34.4 Å². The average molecular weight is 500 g/mol. The number of methoxy groups -OCH3 is 1. The van der Waals surface area contributed by atoms with Crippen molar-refractivity contribution in [2.75, 3.05) is 12.0 Å². The van der Waals surface area contributed by atoms with Gasteiger partial charge in [-0.05, 0) is 85.3 Å². The zero-order chi connectivity index (χ0) is 26.6. The summed E-state index contributed by atoms with van der Waals surface area (Å²) in [5.74, 6) is -0.542. The standard InChI is InChI=1S/C29H29N3O5/c1-14(2)18-13-19(17(5)12-23(18)36-6)26(33)24-25(22-8-7-9-37-22)32(28(35)27(24)34)29-30-20-10-15(3)16(4)11-21(20)31-29/h7-14,25,33H,1-6H3,(H,30,31)/b26-24+. The van der Waals surface area contributed by atoms with Crippen molar-refractivity contribution in [1.29, 1.82) is 0 Å². The minimum Gasteiger partial charge on any atom is -0.507 e. The highest BCUT2D eigenvalue weighted by Crippen LogP contribution is 2.43. The highest BCUT2D eigenvalue weighted by molar-refractivity contribution is 6.51. The SMILES string of the molecule is COc1cc(C)c(/C(O)=C2\C(=O)C(=O)N(c3nc4cc(C)c(C)cc4[nH]3)C2c2ccco2)cc1C(C)C. The third kappa shape index (κ3) is 3.89. The largest absolute Gasteiger partial charge is 0.507 e. The van der Waals surface area contributed by atoms with Gasteiger partial charge >= 0.3 is 5.91 Å². The lowest BCUT2D eigenvalue weighted by Crippen LogP contribution is -2.30. The molecule has 8 nitrogen and oxygen atoms in total. The van der Waals surface area contributed by atoms with Gasteiger partial charge in [0.05, 0.1) is 30.0 Å². The molecule has 1 fully saturated rings. The molecule has 0 aliphatic carbocycles. The van der Waals surface area contributed by atoms with Crippen LogP contribution in [0.15, 0.2) is 52.7 Å². The second-order valence-electron chi connectivity index (χ2n) is 9.76. The van der Waals surface area contributed by atoms with E-state index in [0.29, 0.717) is 28.2 Å². The number of hydrogen-bond acceptors (Lipinski definition) is 6. The van der Waals surface area contributed by atoms with Crippen molar-refractivity contribution in [3.63, 3.8) is 0 Å². The zero-order valence-corrected chi connectivity index (χ0v) is 21.7. The number of aliphatic hydroxyl groups is 1. The predicted molar refractivity (Wildman–Crippen MR) is 141 cm³/mol. The van der Waals surface area contributed by atoms with Crippen LogP contribution in [0, 0.1) is 20.8 Å². The molecule has 2 aromatic heterocycles. The maximum Gasteiger partial charge on any atom is 0.302 e. The van der Waals surface area contributed by atoms with E-state index in [1.165, 1.54) is 11.2 Å². The van der Waals surface area contributed by atoms with Gasteiger partial charge in [0.25, 0.3) is 5.78 Å². The van der Waals surface area contributed by atoms with Crippen LogP contribution in [-0.2, 0) is 9.59 Å². The molecule has 190 valence electrons. The normalized spacial score (nSPS) is 17.4.